The molecule has 2 unspecified atom stereocenters. The van der Waals surface area contributed by atoms with E-state index >= 15 is 0 Å². The van der Waals surface area contributed by atoms with Gasteiger partial charge in [-0.2, -0.15) is 11.3 Å². The second-order valence-electron chi connectivity index (χ2n) is 6.56. The number of amidine groups is 1. The van der Waals surface area contributed by atoms with Crippen molar-refractivity contribution in [1.29, 1.82) is 0 Å². The summed E-state index contributed by atoms with van der Waals surface area (Å²) in [6.45, 7) is 5.39. The topological polar surface area (TPSA) is 15.6 Å². The molecule has 0 bridgehead atoms. The van der Waals surface area contributed by atoms with Crippen LogP contribution in [0.15, 0.2) is 76.4 Å². The van der Waals surface area contributed by atoms with Crippen molar-refractivity contribution < 1.29 is 0 Å². The van der Waals surface area contributed by atoms with Crippen LogP contribution in [0.4, 0.5) is 0 Å². The van der Waals surface area contributed by atoms with Gasteiger partial charge in [-0.3, -0.25) is 4.99 Å². The van der Waals surface area contributed by atoms with E-state index in [1.807, 2.05) is 0 Å². The van der Waals surface area contributed by atoms with Gasteiger partial charge in [0.15, 0.2) is 0 Å². The standard InChI is InChI=1S/C22H22N2S/c1-16(18-9-5-3-6-10-18)23-22-21-15-25-14-20(21)13-24(22)17(2)19-11-7-4-8-12-19/h3-12,14-17H,13H2,1-2H3. The SMILES string of the molecule is CC(N=C1c2cscc2CN1C(C)c1ccccc1)c1ccccc1. The lowest BCUT2D eigenvalue weighted by molar-refractivity contribution is 0.341. The third kappa shape index (κ3) is 3.12. The van der Waals surface area contributed by atoms with Crippen molar-refractivity contribution in [2.75, 3.05) is 0 Å². The fourth-order valence-electron chi connectivity index (χ4n) is 3.42. The third-order valence-electron chi connectivity index (χ3n) is 4.94. The van der Waals surface area contributed by atoms with Crippen LogP contribution in [0.1, 0.15) is 48.2 Å². The molecule has 1 aliphatic rings. The Balaban J connectivity index is 1.70. The summed E-state index contributed by atoms with van der Waals surface area (Å²) in [5.41, 5.74) is 5.28. The van der Waals surface area contributed by atoms with Gasteiger partial charge in [0, 0.05) is 17.5 Å². The molecule has 4 rings (SSSR count). The number of thiophene rings is 1. The molecule has 2 heterocycles. The molecule has 2 atom stereocenters. The lowest BCUT2D eigenvalue weighted by Gasteiger charge is -2.28. The summed E-state index contributed by atoms with van der Waals surface area (Å²) in [7, 11) is 0. The van der Waals surface area contributed by atoms with Crippen LogP contribution in [0.25, 0.3) is 0 Å². The molecule has 0 saturated heterocycles. The van der Waals surface area contributed by atoms with Gasteiger partial charge in [0.1, 0.15) is 5.84 Å². The van der Waals surface area contributed by atoms with Crippen LogP contribution in [0, 0.1) is 0 Å². The first-order valence-corrected chi connectivity index (χ1v) is 9.68. The fraction of sp³-hybridized carbons (Fsp3) is 0.227. The molecule has 1 aliphatic heterocycles. The van der Waals surface area contributed by atoms with Gasteiger partial charge in [-0.25, -0.2) is 0 Å². The fourth-order valence-corrected chi connectivity index (χ4v) is 4.25. The molecule has 0 N–H and O–H groups in total. The van der Waals surface area contributed by atoms with Crippen LogP contribution in [0.2, 0.25) is 0 Å². The lowest BCUT2D eigenvalue weighted by atomic mass is 10.1. The molecule has 0 amide bonds. The van der Waals surface area contributed by atoms with E-state index in [4.69, 9.17) is 4.99 Å². The zero-order valence-corrected chi connectivity index (χ0v) is 15.4. The minimum absolute atomic E-state index is 0.146. The maximum atomic E-state index is 5.14. The van der Waals surface area contributed by atoms with Gasteiger partial charge >= 0.3 is 0 Å². The van der Waals surface area contributed by atoms with E-state index in [1.54, 1.807) is 11.3 Å². The number of hydrogen-bond acceptors (Lipinski definition) is 2. The van der Waals surface area contributed by atoms with Crippen molar-refractivity contribution in [3.05, 3.63) is 93.7 Å². The summed E-state index contributed by atoms with van der Waals surface area (Å²) in [6, 6.07) is 21.7. The molecule has 3 heteroatoms. The van der Waals surface area contributed by atoms with Crippen molar-refractivity contribution in [3.63, 3.8) is 0 Å². The summed E-state index contributed by atoms with van der Waals surface area (Å²) >= 11 is 1.77. The molecule has 0 spiro atoms. The van der Waals surface area contributed by atoms with Crippen molar-refractivity contribution in [2.45, 2.75) is 32.5 Å². The maximum Gasteiger partial charge on any atom is 0.133 e. The third-order valence-corrected chi connectivity index (χ3v) is 5.74. The zero-order valence-electron chi connectivity index (χ0n) is 14.6. The first-order valence-electron chi connectivity index (χ1n) is 8.74. The minimum atomic E-state index is 0.146. The van der Waals surface area contributed by atoms with Gasteiger partial charge in [0.25, 0.3) is 0 Å². The smallest absolute Gasteiger partial charge is 0.133 e. The van der Waals surface area contributed by atoms with Crippen LogP contribution in [-0.4, -0.2) is 10.7 Å². The number of aliphatic imine (C=N–C) groups is 1. The average molecular weight is 346 g/mol. The summed E-state index contributed by atoms with van der Waals surface area (Å²) in [5, 5.41) is 4.50. The van der Waals surface area contributed by atoms with Gasteiger partial charge in [-0.15, -0.1) is 0 Å². The van der Waals surface area contributed by atoms with E-state index in [1.165, 1.54) is 22.3 Å². The summed E-state index contributed by atoms with van der Waals surface area (Å²) < 4.78 is 0. The highest BCUT2D eigenvalue weighted by Crippen LogP contribution is 2.35. The monoisotopic (exact) mass is 346 g/mol. The van der Waals surface area contributed by atoms with Crippen molar-refractivity contribution in [2.24, 2.45) is 4.99 Å². The Morgan fingerprint density at radius 2 is 1.52 bits per heavy atom. The van der Waals surface area contributed by atoms with Gasteiger partial charge in [-0.1, -0.05) is 60.7 Å². The second-order valence-corrected chi connectivity index (χ2v) is 7.31. The Morgan fingerprint density at radius 3 is 2.20 bits per heavy atom. The van der Waals surface area contributed by atoms with E-state index < -0.39 is 0 Å². The number of nitrogens with zero attached hydrogens (tertiary/aromatic N) is 2. The molecule has 25 heavy (non-hydrogen) atoms. The second kappa shape index (κ2) is 6.85. The number of benzene rings is 2. The van der Waals surface area contributed by atoms with Crippen LogP contribution in [0.3, 0.4) is 0 Å². The van der Waals surface area contributed by atoms with Gasteiger partial charge in [0.2, 0.25) is 0 Å². The first-order chi connectivity index (χ1) is 12.2. The van der Waals surface area contributed by atoms with Crippen molar-refractivity contribution >= 4 is 17.2 Å². The Kier molecular flexibility index (Phi) is 4.41. The molecule has 3 aromatic rings. The van der Waals surface area contributed by atoms with E-state index in [-0.39, 0.29) is 6.04 Å². The molecular formula is C22H22N2S. The summed E-state index contributed by atoms with van der Waals surface area (Å²) in [6.07, 6.45) is 0. The Morgan fingerprint density at radius 1 is 0.880 bits per heavy atom. The van der Waals surface area contributed by atoms with Crippen LogP contribution in [-0.2, 0) is 6.54 Å². The molecule has 2 aromatic carbocycles. The summed E-state index contributed by atoms with van der Waals surface area (Å²) in [5.74, 6) is 1.13. The molecule has 0 fully saturated rings. The van der Waals surface area contributed by atoms with E-state index in [9.17, 15) is 0 Å². The predicted octanol–water partition coefficient (Wildman–Crippen LogP) is 5.83. The Bertz CT molecular complexity index is 867. The highest BCUT2D eigenvalue weighted by atomic mass is 32.1. The van der Waals surface area contributed by atoms with E-state index in [0.717, 1.165) is 12.4 Å². The molecule has 0 saturated carbocycles. The van der Waals surface area contributed by atoms with Gasteiger partial charge in [0.05, 0.1) is 12.1 Å². The van der Waals surface area contributed by atoms with Gasteiger partial charge < -0.3 is 4.90 Å². The number of hydrogen-bond donors (Lipinski definition) is 0. The maximum absolute atomic E-state index is 5.14. The van der Waals surface area contributed by atoms with E-state index in [0.29, 0.717) is 6.04 Å². The van der Waals surface area contributed by atoms with Gasteiger partial charge in [-0.05, 0) is 35.9 Å². The van der Waals surface area contributed by atoms with E-state index in [2.05, 4.69) is 90.2 Å². The molecule has 1 aromatic heterocycles. The van der Waals surface area contributed by atoms with Crippen LogP contribution >= 0.6 is 11.3 Å². The predicted molar refractivity (Wildman–Crippen MR) is 106 cm³/mol. The van der Waals surface area contributed by atoms with Crippen molar-refractivity contribution in [3.8, 4) is 0 Å². The molecule has 0 aliphatic carbocycles. The molecule has 2 nitrogen and oxygen atoms in total. The lowest BCUT2D eigenvalue weighted by Crippen LogP contribution is -2.28. The quantitative estimate of drug-likeness (QED) is 0.580. The highest BCUT2D eigenvalue weighted by molar-refractivity contribution is 7.08. The van der Waals surface area contributed by atoms with Crippen molar-refractivity contribution in [1.82, 2.24) is 4.90 Å². The number of rotatable bonds is 4. The molecule has 126 valence electrons. The Hall–Kier alpha value is -2.39. The normalized spacial score (nSPS) is 17.5. The number of fused-ring (bicyclic) bond motifs is 1. The minimum Gasteiger partial charge on any atom is -0.345 e. The highest BCUT2D eigenvalue weighted by Gasteiger charge is 2.30. The first kappa shape index (κ1) is 16.1. The average Bonchev–Trinajstić information content (AvgIpc) is 3.25. The van der Waals surface area contributed by atoms with Crippen LogP contribution < -0.4 is 0 Å². The zero-order chi connectivity index (χ0) is 17.2. The Labute approximate surface area is 153 Å². The molecule has 0 radical (unpaired) electrons. The molecular weight excluding hydrogens is 324 g/mol. The largest absolute Gasteiger partial charge is 0.345 e. The summed E-state index contributed by atoms with van der Waals surface area (Å²) in [4.78, 5) is 7.57. The van der Waals surface area contributed by atoms with Crippen LogP contribution in [0.5, 0.6) is 0 Å².